The summed E-state index contributed by atoms with van der Waals surface area (Å²) in [7, 11) is 0. The zero-order valence-corrected chi connectivity index (χ0v) is 39.4. The minimum atomic E-state index is -2.24. The highest BCUT2D eigenvalue weighted by atomic mass is 32.2. The fraction of sp³-hybridized carbons (Fsp3) is 0.729. The predicted octanol–water partition coefficient (Wildman–Crippen LogP) is 6.85. The van der Waals surface area contributed by atoms with Gasteiger partial charge < -0.3 is 29.2 Å². The SMILES string of the molecule is CC1(C)O[C@@H]2C[C@H]3[C@@H]4C[C@H](F)C5=CC(=O)C=C[C@]5(C)[C@@]4(F)[C@@H](O)C[C@]3(C)[C@]2(C(=O)S)O1.CC1(C)O[C@@H]2C[C@H]3[C@@H]4C[C@H](F)C5=CC(=O)C=C[C@]5(C)[C@@]4(F)[C@@H](O)C[C@]3(C)[C@]2(C(=O)SCC#N)O1. The maximum Gasteiger partial charge on any atom is 0.225 e. The van der Waals surface area contributed by atoms with Crippen LogP contribution in [0.2, 0.25) is 0 Å². The molecule has 0 aromatic rings. The number of carbonyl (C=O) groups is 4. The highest BCUT2D eigenvalue weighted by Crippen LogP contribution is 2.75. The largest absolute Gasteiger partial charge is 0.390 e. The third kappa shape index (κ3) is 5.77. The lowest BCUT2D eigenvalue weighted by atomic mass is 9.44. The van der Waals surface area contributed by atoms with Gasteiger partial charge in [-0.25, -0.2) is 17.6 Å². The number of carbonyl (C=O) groups excluding carboxylic acids is 4. The Labute approximate surface area is 385 Å². The van der Waals surface area contributed by atoms with Gasteiger partial charge in [-0.2, -0.15) is 5.26 Å². The average molecular weight is 948 g/mol. The van der Waals surface area contributed by atoms with Crippen molar-refractivity contribution in [2.75, 3.05) is 5.75 Å². The van der Waals surface area contributed by atoms with E-state index in [0.29, 0.717) is 6.42 Å². The number of ether oxygens (including phenoxy) is 4. The van der Waals surface area contributed by atoms with Gasteiger partial charge in [0.05, 0.1) is 36.2 Å². The van der Waals surface area contributed by atoms with Gasteiger partial charge in [0, 0.05) is 33.5 Å². The molecule has 0 amide bonds. The summed E-state index contributed by atoms with van der Waals surface area (Å²) in [6, 6.07) is 1.95. The van der Waals surface area contributed by atoms with Crippen molar-refractivity contribution in [3.8, 4) is 6.07 Å². The second-order valence-electron chi connectivity index (χ2n) is 21.9. The number of halogens is 4. The van der Waals surface area contributed by atoms with E-state index in [1.165, 1.54) is 30.4 Å². The van der Waals surface area contributed by atoms with Crippen molar-refractivity contribution in [2.24, 2.45) is 45.3 Å². The zero-order valence-electron chi connectivity index (χ0n) is 37.7. The quantitative estimate of drug-likeness (QED) is 0.199. The van der Waals surface area contributed by atoms with Crippen LogP contribution in [0.4, 0.5) is 17.6 Å². The second-order valence-corrected chi connectivity index (χ2v) is 23.3. The summed E-state index contributed by atoms with van der Waals surface area (Å²) in [5.74, 6) is -5.77. The highest BCUT2D eigenvalue weighted by Gasteiger charge is 2.82. The van der Waals surface area contributed by atoms with Crippen LogP contribution in [0.25, 0.3) is 0 Å². The molecule has 65 heavy (non-hydrogen) atoms. The van der Waals surface area contributed by atoms with Crippen LogP contribution in [0.1, 0.15) is 93.9 Å². The number of nitrogens with zero attached hydrogens (tertiary/aromatic N) is 1. The minimum absolute atomic E-state index is 0.0589. The van der Waals surface area contributed by atoms with Crippen molar-refractivity contribution in [1.29, 1.82) is 5.26 Å². The number of thioether (sulfide) groups is 1. The third-order valence-electron chi connectivity index (χ3n) is 18.1. The maximum atomic E-state index is 17.3. The van der Waals surface area contributed by atoms with Gasteiger partial charge in [-0.05, 0) is 127 Å². The van der Waals surface area contributed by atoms with E-state index >= 15 is 17.6 Å². The van der Waals surface area contributed by atoms with Crippen LogP contribution in [0.3, 0.4) is 0 Å². The Morgan fingerprint density at radius 2 is 1.12 bits per heavy atom. The summed E-state index contributed by atoms with van der Waals surface area (Å²) in [4.78, 5) is 50.4. The van der Waals surface area contributed by atoms with Gasteiger partial charge >= 0.3 is 0 Å². The fourth-order valence-electron chi connectivity index (χ4n) is 15.5. The van der Waals surface area contributed by atoms with Crippen molar-refractivity contribution < 1.29 is 65.9 Å². The number of hydrogen-bond acceptors (Lipinski definition) is 12. The monoisotopic (exact) mass is 947 g/mol. The molecule has 2 aliphatic heterocycles. The van der Waals surface area contributed by atoms with Crippen molar-refractivity contribution >= 4 is 46.2 Å². The van der Waals surface area contributed by atoms with Crippen LogP contribution in [-0.4, -0.2) is 109 Å². The van der Waals surface area contributed by atoms with Gasteiger partial charge in [0.25, 0.3) is 0 Å². The maximum absolute atomic E-state index is 17.3. The Bertz CT molecular complexity index is 2330. The van der Waals surface area contributed by atoms with Gasteiger partial charge in [0.1, 0.15) is 12.3 Å². The molecule has 0 aromatic heterocycles. The number of fused-ring (bicyclic) bond motifs is 14. The zero-order chi connectivity index (χ0) is 47.7. The number of aliphatic hydroxyl groups excluding tert-OH is 2. The van der Waals surface area contributed by atoms with Gasteiger partial charge in [-0.15, -0.1) is 12.6 Å². The summed E-state index contributed by atoms with van der Waals surface area (Å²) >= 11 is 4.97. The highest BCUT2D eigenvalue weighted by molar-refractivity contribution is 8.14. The Morgan fingerprint density at radius 3 is 1.54 bits per heavy atom. The second kappa shape index (κ2) is 14.4. The van der Waals surface area contributed by atoms with Gasteiger partial charge in [0.2, 0.25) is 10.2 Å². The molecule has 2 saturated heterocycles. The summed E-state index contributed by atoms with van der Waals surface area (Å²) < 4.78 is 90.0. The molecular weight excluding hydrogens is 891 g/mol. The van der Waals surface area contributed by atoms with Crippen LogP contribution < -0.4 is 0 Å². The molecule has 10 rings (SSSR count). The lowest BCUT2D eigenvalue weighted by molar-refractivity contribution is -0.246. The Balaban J connectivity index is 0.000000165. The number of thiol groups is 1. The minimum Gasteiger partial charge on any atom is -0.390 e. The summed E-state index contributed by atoms with van der Waals surface area (Å²) in [6.07, 6.45) is 0.161. The molecule has 6 saturated carbocycles. The molecule has 0 aromatic carbocycles. The number of nitriles is 1. The number of ketones is 2. The molecular formula is C48H57F4NO10S2. The molecule has 8 aliphatic carbocycles. The topological polar surface area (TPSA) is 169 Å². The van der Waals surface area contributed by atoms with Crippen LogP contribution in [-0.2, 0) is 38.1 Å². The number of aliphatic hydroxyl groups is 2. The number of alkyl halides is 4. The Hall–Kier alpha value is -2.69. The smallest absolute Gasteiger partial charge is 0.225 e. The standard InChI is InChI=1S/C25H29F2NO5S.C23H28F2O5S/c1-21(2)32-19-11-14-15-10-17(26)16-9-13(29)5-6-22(16,3)24(15,27)18(30)12-23(14,4)25(19,33-21)20(31)34-8-7-28;1-19(2)29-17-9-12-13-8-15(24)14-7-11(26)5-6-20(14,3)22(13,25)16(27)10-21(12,4)23(17,30-19)18(28)31/h5-6,9,14-15,17-19,30H,8,10-12H2,1-4H3;5-7,12-13,15-17,27H,8-10H2,1-4H3,(H,28,31)/t14-,15-,17-,18-,19+,22-,23-,24-,25-;12-,13-,15-,16-,17+,20-,21-,22-,23-/m00/s1. The fourth-order valence-corrected chi connectivity index (χ4v) is 16.8. The summed E-state index contributed by atoms with van der Waals surface area (Å²) in [6.45, 7) is 13.5. The van der Waals surface area contributed by atoms with E-state index in [1.54, 1.807) is 55.4 Å². The Morgan fingerprint density at radius 1 is 0.723 bits per heavy atom. The molecule has 0 bridgehead atoms. The molecule has 2 N–H and O–H groups in total. The molecule has 354 valence electrons. The molecule has 2 heterocycles. The first kappa shape index (κ1) is 47.4. The van der Waals surface area contributed by atoms with E-state index in [2.05, 4.69) is 12.6 Å². The predicted molar refractivity (Wildman–Crippen MR) is 231 cm³/mol. The number of rotatable bonds is 3. The summed E-state index contributed by atoms with van der Waals surface area (Å²) in [5, 5.41) is 30.9. The van der Waals surface area contributed by atoms with Crippen molar-refractivity contribution in [3.63, 3.8) is 0 Å². The molecule has 0 unspecified atom stereocenters. The van der Waals surface area contributed by atoms with E-state index in [-0.39, 0.29) is 59.9 Å². The lowest BCUT2D eigenvalue weighted by Gasteiger charge is -2.63. The lowest BCUT2D eigenvalue weighted by Crippen LogP contribution is -2.70. The molecule has 10 aliphatic rings. The first-order valence-electron chi connectivity index (χ1n) is 22.5. The van der Waals surface area contributed by atoms with E-state index in [1.807, 2.05) is 6.07 Å². The molecule has 17 heteroatoms. The van der Waals surface area contributed by atoms with Gasteiger partial charge in [0.15, 0.2) is 45.7 Å². The van der Waals surface area contributed by atoms with Crippen molar-refractivity contribution in [1.82, 2.24) is 0 Å². The normalized spacial score (nSPS) is 52.4. The number of hydrogen-bond donors (Lipinski definition) is 3. The van der Waals surface area contributed by atoms with E-state index < -0.39 is 127 Å². The molecule has 11 nitrogen and oxygen atoms in total. The van der Waals surface area contributed by atoms with Crippen molar-refractivity contribution in [2.45, 2.75) is 165 Å². The van der Waals surface area contributed by atoms with Gasteiger partial charge in [-0.1, -0.05) is 37.8 Å². The van der Waals surface area contributed by atoms with Crippen LogP contribution in [0.15, 0.2) is 47.6 Å². The van der Waals surface area contributed by atoms with Gasteiger partial charge in [-0.3, -0.25) is 19.2 Å². The summed E-state index contributed by atoms with van der Waals surface area (Å²) in [5.41, 5.74) is -12.2. The van der Waals surface area contributed by atoms with E-state index in [9.17, 15) is 29.4 Å². The van der Waals surface area contributed by atoms with Crippen molar-refractivity contribution in [3.05, 3.63) is 47.6 Å². The first-order valence-corrected chi connectivity index (χ1v) is 23.9. The molecule has 0 radical (unpaired) electrons. The molecule has 18 atom stereocenters. The number of allylic oxidation sites excluding steroid dienone is 8. The van der Waals surface area contributed by atoms with E-state index in [0.717, 1.165) is 17.8 Å². The molecule has 0 spiro atoms. The van der Waals surface area contributed by atoms with Crippen LogP contribution >= 0.6 is 24.4 Å². The average Bonchev–Trinajstić information content (AvgIpc) is 3.83. The molecule has 8 fully saturated rings. The van der Waals surface area contributed by atoms with E-state index in [4.69, 9.17) is 24.2 Å². The third-order valence-corrected chi connectivity index (χ3v) is 19.3. The Kier molecular flexibility index (Phi) is 10.5. The van der Waals surface area contributed by atoms with Crippen LogP contribution in [0, 0.1) is 56.7 Å². The first-order chi connectivity index (χ1) is 30.0. The van der Waals surface area contributed by atoms with Crippen LogP contribution in [0.5, 0.6) is 0 Å².